The van der Waals surface area contributed by atoms with Gasteiger partial charge in [-0.15, -0.1) is 0 Å². The van der Waals surface area contributed by atoms with E-state index in [0.717, 1.165) is 5.56 Å². The van der Waals surface area contributed by atoms with E-state index in [1.54, 1.807) is 12.4 Å². The van der Waals surface area contributed by atoms with Crippen LogP contribution in [0.5, 0.6) is 0 Å². The highest BCUT2D eigenvalue weighted by molar-refractivity contribution is 5.77. The topological polar surface area (TPSA) is 80.3 Å². The van der Waals surface area contributed by atoms with Crippen molar-refractivity contribution in [2.24, 2.45) is 5.92 Å². The molecule has 6 nitrogen and oxygen atoms in total. The van der Waals surface area contributed by atoms with Crippen LogP contribution >= 0.6 is 0 Å². The lowest BCUT2D eigenvalue weighted by Gasteiger charge is -2.35. The summed E-state index contributed by atoms with van der Waals surface area (Å²) in [5, 5.41) is 5.81. The van der Waals surface area contributed by atoms with Crippen molar-refractivity contribution in [3.8, 4) is 0 Å². The minimum absolute atomic E-state index is 0.0500. The number of amides is 2. The molecule has 0 saturated heterocycles. The van der Waals surface area contributed by atoms with Gasteiger partial charge < -0.3 is 15.4 Å². The molecule has 1 atom stereocenters. The first-order chi connectivity index (χ1) is 11.5. The summed E-state index contributed by atoms with van der Waals surface area (Å²) in [5.74, 6) is 0.0934. The minimum Gasteiger partial charge on any atom is -0.444 e. The number of ether oxygens (including phenoxy) is 1. The molecular formula is C19H31N3O3. The zero-order valence-electron chi connectivity index (χ0n) is 16.2. The molecular weight excluding hydrogens is 318 g/mol. The molecule has 1 heterocycles. The maximum Gasteiger partial charge on any atom is 0.407 e. The predicted octanol–water partition coefficient (Wildman–Crippen LogP) is 3.07. The first-order valence-electron chi connectivity index (χ1n) is 8.68. The van der Waals surface area contributed by atoms with Gasteiger partial charge in [0.15, 0.2) is 0 Å². The normalized spacial score (nSPS) is 13.9. The Hall–Kier alpha value is -2.11. The van der Waals surface area contributed by atoms with Crippen LogP contribution in [0.2, 0.25) is 0 Å². The molecule has 25 heavy (non-hydrogen) atoms. The first-order valence-corrected chi connectivity index (χ1v) is 8.68. The Kier molecular flexibility index (Phi) is 7.39. The Labute approximate surface area is 150 Å². The molecule has 6 heteroatoms. The number of aromatic nitrogens is 1. The number of carbonyl (C=O) groups is 2. The molecule has 2 amide bonds. The van der Waals surface area contributed by atoms with Crippen LogP contribution in [0.25, 0.3) is 0 Å². The molecule has 1 rings (SSSR count). The Balaban J connectivity index is 2.56. The maximum absolute atomic E-state index is 12.3. The number of aryl methyl sites for hydroxylation is 1. The summed E-state index contributed by atoms with van der Waals surface area (Å²) < 4.78 is 5.25. The lowest BCUT2D eigenvalue weighted by molar-refractivity contribution is -0.123. The summed E-state index contributed by atoms with van der Waals surface area (Å²) in [6.07, 6.45) is 4.00. The monoisotopic (exact) mass is 349 g/mol. The van der Waals surface area contributed by atoms with E-state index in [2.05, 4.69) is 15.6 Å². The highest BCUT2D eigenvalue weighted by atomic mass is 16.6. The fourth-order valence-corrected chi connectivity index (χ4v) is 2.15. The number of nitrogens with one attached hydrogen (secondary N) is 2. The summed E-state index contributed by atoms with van der Waals surface area (Å²) in [5.41, 5.74) is -0.0791. The van der Waals surface area contributed by atoms with Crippen molar-refractivity contribution >= 4 is 12.0 Å². The number of carbonyl (C=O) groups excluding carboxylic acids is 2. The third kappa shape index (κ3) is 8.01. The second kappa shape index (κ2) is 8.83. The van der Waals surface area contributed by atoms with E-state index in [1.807, 2.05) is 53.7 Å². The van der Waals surface area contributed by atoms with Gasteiger partial charge in [0.2, 0.25) is 5.91 Å². The van der Waals surface area contributed by atoms with Crippen LogP contribution in [-0.2, 0) is 16.0 Å². The quantitative estimate of drug-likeness (QED) is 0.793. The molecule has 0 aliphatic rings. The van der Waals surface area contributed by atoms with Gasteiger partial charge in [0.05, 0.1) is 5.54 Å². The van der Waals surface area contributed by atoms with E-state index in [4.69, 9.17) is 4.74 Å². The average molecular weight is 349 g/mol. The van der Waals surface area contributed by atoms with Crippen molar-refractivity contribution in [3.05, 3.63) is 30.1 Å². The highest BCUT2D eigenvalue weighted by Gasteiger charge is 2.31. The van der Waals surface area contributed by atoms with Gasteiger partial charge in [0.25, 0.3) is 0 Å². The molecule has 140 valence electrons. The fourth-order valence-electron chi connectivity index (χ4n) is 2.15. The largest absolute Gasteiger partial charge is 0.444 e. The maximum atomic E-state index is 12.3. The Morgan fingerprint density at radius 2 is 1.92 bits per heavy atom. The SMILES string of the molecule is CC(C)C(C)(CNC(=O)OC(C)(C)C)NC(=O)CCc1cccnc1. The van der Waals surface area contributed by atoms with Crippen LogP contribution in [0.1, 0.15) is 53.5 Å². The summed E-state index contributed by atoms with van der Waals surface area (Å²) >= 11 is 0. The number of pyridine rings is 1. The van der Waals surface area contributed by atoms with Crippen LogP contribution in [0.15, 0.2) is 24.5 Å². The van der Waals surface area contributed by atoms with E-state index in [-0.39, 0.29) is 11.8 Å². The van der Waals surface area contributed by atoms with Gasteiger partial charge in [-0.2, -0.15) is 0 Å². The van der Waals surface area contributed by atoms with Crippen LogP contribution < -0.4 is 10.6 Å². The van der Waals surface area contributed by atoms with Gasteiger partial charge in [0.1, 0.15) is 5.60 Å². The lowest BCUT2D eigenvalue weighted by Crippen LogP contribution is -2.57. The number of alkyl carbamates (subject to hydrolysis) is 1. The smallest absolute Gasteiger partial charge is 0.407 e. The molecule has 0 aliphatic carbocycles. The van der Waals surface area contributed by atoms with Gasteiger partial charge in [-0.3, -0.25) is 9.78 Å². The van der Waals surface area contributed by atoms with E-state index in [9.17, 15) is 9.59 Å². The zero-order valence-corrected chi connectivity index (χ0v) is 16.2. The second-order valence-electron chi connectivity index (χ2n) is 7.84. The standard InChI is InChI=1S/C19H31N3O3/c1-14(2)19(6,13-21-17(24)25-18(3,4)5)22-16(23)10-9-15-8-7-11-20-12-15/h7-8,11-12,14H,9-10,13H2,1-6H3,(H,21,24)(H,22,23). The molecule has 0 aromatic carbocycles. The van der Waals surface area contributed by atoms with E-state index >= 15 is 0 Å². The molecule has 0 bridgehead atoms. The summed E-state index contributed by atoms with van der Waals surface area (Å²) in [4.78, 5) is 28.3. The van der Waals surface area contributed by atoms with Crippen molar-refractivity contribution in [2.75, 3.05) is 6.54 Å². The number of rotatable bonds is 7. The van der Waals surface area contributed by atoms with Gasteiger partial charge in [-0.05, 0) is 51.7 Å². The number of nitrogens with zero attached hydrogens (tertiary/aromatic N) is 1. The molecule has 0 aliphatic heterocycles. The molecule has 2 N–H and O–H groups in total. The fraction of sp³-hybridized carbons (Fsp3) is 0.632. The number of hydrogen-bond acceptors (Lipinski definition) is 4. The van der Waals surface area contributed by atoms with Gasteiger partial charge in [-0.25, -0.2) is 4.79 Å². The van der Waals surface area contributed by atoms with E-state index in [0.29, 0.717) is 19.4 Å². The highest BCUT2D eigenvalue weighted by Crippen LogP contribution is 2.17. The van der Waals surface area contributed by atoms with Gasteiger partial charge >= 0.3 is 6.09 Å². The first kappa shape index (κ1) is 20.9. The summed E-state index contributed by atoms with van der Waals surface area (Å²) in [7, 11) is 0. The van der Waals surface area contributed by atoms with Crippen LogP contribution in [0, 0.1) is 5.92 Å². The Morgan fingerprint density at radius 1 is 1.24 bits per heavy atom. The number of hydrogen-bond donors (Lipinski definition) is 2. The summed E-state index contributed by atoms with van der Waals surface area (Å²) in [6, 6.07) is 3.81. The molecule has 0 saturated carbocycles. The van der Waals surface area contributed by atoms with Gasteiger partial charge in [0, 0.05) is 25.4 Å². The molecule has 0 fully saturated rings. The second-order valence-corrected chi connectivity index (χ2v) is 7.84. The minimum atomic E-state index is -0.553. The van der Waals surface area contributed by atoms with Crippen LogP contribution in [0.3, 0.4) is 0 Å². The van der Waals surface area contributed by atoms with E-state index < -0.39 is 17.2 Å². The molecule has 0 radical (unpaired) electrons. The van der Waals surface area contributed by atoms with Crippen molar-refractivity contribution in [2.45, 2.75) is 65.5 Å². The van der Waals surface area contributed by atoms with Crippen LogP contribution in [0.4, 0.5) is 4.79 Å². The van der Waals surface area contributed by atoms with Crippen molar-refractivity contribution in [3.63, 3.8) is 0 Å². The third-order valence-electron chi connectivity index (χ3n) is 4.06. The molecule has 1 unspecified atom stereocenters. The molecule has 0 spiro atoms. The summed E-state index contributed by atoms with van der Waals surface area (Å²) in [6.45, 7) is 11.7. The van der Waals surface area contributed by atoms with Crippen molar-refractivity contribution in [1.82, 2.24) is 15.6 Å². The average Bonchev–Trinajstić information content (AvgIpc) is 2.50. The molecule has 1 aromatic rings. The Bertz CT molecular complexity index is 567. The Morgan fingerprint density at radius 3 is 2.44 bits per heavy atom. The van der Waals surface area contributed by atoms with Crippen LogP contribution in [-0.4, -0.2) is 34.7 Å². The molecule has 1 aromatic heterocycles. The zero-order chi connectivity index (χ0) is 19.1. The van der Waals surface area contributed by atoms with Crippen molar-refractivity contribution < 1.29 is 14.3 Å². The van der Waals surface area contributed by atoms with E-state index in [1.165, 1.54) is 0 Å². The lowest BCUT2D eigenvalue weighted by atomic mass is 9.88. The van der Waals surface area contributed by atoms with Gasteiger partial charge in [-0.1, -0.05) is 19.9 Å². The van der Waals surface area contributed by atoms with Crippen molar-refractivity contribution in [1.29, 1.82) is 0 Å². The predicted molar refractivity (Wildman–Crippen MR) is 98.2 cm³/mol. The third-order valence-corrected chi connectivity index (χ3v) is 4.06.